The maximum Gasteiger partial charge on any atom is 0.0299 e. The third-order valence-corrected chi connectivity index (χ3v) is 3.27. The van der Waals surface area contributed by atoms with Crippen molar-refractivity contribution >= 4 is 0 Å². The second-order valence-corrected chi connectivity index (χ2v) is 5.57. The van der Waals surface area contributed by atoms with Crippen LogP contribution in [0.25, 0.3) is 0 Å². The third-order valence-electron chi connectivity index (χ3n) is 3.27. The van der Waals surface area contributed by atoms with Crippen LogP contribution in [0.4, 0.5) is 0 Å². The quantitative estimate of drug-likeness (QED) is 0.784. The molecule has 17 heavy (non-hydrogen) atoms. The van der Waals surface area contributed by atoms with E-state index in [4.69, 9.17) is 0 Å². The second-order valence-electron chi connectivity index (χ2n) is 5.57. The van der Waals surface area contributed by atoms with Crippen LogP contribution in [0.3, 0.4) is 0 Å². The molecule has 0 fully saturated rings. The maximum absolute atomic E-state index is 4.17. The fourth-order valence-electron chi connectivity index (χ4n) is 1.89. The fourth-order valence-corrected chi connectivity index (χ4v) is 1.89. The molecular weight excluding hydrogens is 208 g/mol. The summed E-state index contributed by atoms with van der Waals surface area (Å²) >= 11 is 0. The molecule has 1 aromatic rings. The summed E-state index contributed by atoms with van der Waals surface area (Å²) in [6, 6.07) is 4.18. The SMILES string of the molecule is CC(C)CNCC(C)C(C)Cc1cccnc1. The van der Waals surface area contributed by atoms with Gasteiger partial charge in [-0.1, -0.05) is 33.8 Å². The molecule has 0 saturated heterocycles. The zero-order valence-electron chi connectivity index (χ0n) is 11.6. The maximum atomic E-state index is 4.17. The summed E-state index contributed by atoms with van der Waals surface area (Å²) in [5.41, 5.74) is 1.34. The molecule has 1 heterocycles. The minimum atomic E-state index is 0.693. The average molecular weight is 234 g/mol. The van der Waals surface area contributed by atoms with E-state index in [9.17, 15) is 0 Å². The Hall–Kier alpha value is -0.890. The van der Waals surface area contributed by atoms with Gasteiger partial charge in [0.25, 0.3) is 0 Å². The Morgan fingerprint density at radius 1 is 1.12 bits per heavy atom. The number of rotatable bonds is 7. The average Bonchev–Trinajstić information content (AvgIpc) is 2.29. The van der Waals surface area contributed by atoms with Gasteiger partial charge in [0.05, 0.1) is 0 Å². The van der Waals surface area contributed by atoms with E-state index in [1.165, 1.54) is 5.56 Å². The van der Waals surface area contributed by atoms with Crippen LogP contribution in [0.2, 0.25) is 0 Å². The molecule has 2 atom stereocenters. The lowest BCUT2D eigenvalue weighted by Gasteiger charge is -2.21. The van der Waals surface area contributed by atoms with Gasteiger partial charge in [0.2, 0.25) is 0 Å². The van der Waals surface area contributed by atoms with Crippen LogP contribution in [-0.4, -0.2) is 18.1 Å². The highest BCUT2D eigenvalue weighted by Gasteiger charge is 2.12. The van der Waals surface area contributed by atoms with Crippen molar-refractivity contribution in [1.82, 2.24) is 10.3 Å². The standard InChI is InChI=1S/C15H26N2/c1-12(2)9-17-10-14(4)13(3)8-15-6-5-7-16-11-15/h5-7,11-14,17H,8-10H2,1-4H3. The van der Waals surface area contributed by atoms with Crippen molar-refractivity contribution in [3.05, 3.63) is 30.1 Å². The molecule has 96 valence electrons. The lowest BCUT2D eigenvalue weighted by atomic mass is 9.90. The molecule has 2 unspecified atom stereocenters. The van der Waals surface area contributed by atoms with Crippen LogP contribution in [0.5, 0.6) is 0 Å². The molecule has 0 amide bonds. The molecule has 2 heteroatoms. The normalized spacial score (nSPS) is 14.9. The fraction of sp³-hybridized carbons (Fsp3) is 0.667. The molecule has 0 aromatic carbocycles. The van der Waals surface area contributed by atoms with Crippen molar-refractivity contribution in [2.24, 2.45) is 17.8 Å². The first-order valence-corrected chi connectivity index (χ1v) is 6.69. The van der Waals surface area contributed by atoms with Gasteiger partial charge in [-0.15, -0.1) is 0 Å². The number of pyridine rings is 1. The van der Waals surface area contributed by atoms with E-state index in [-0.39, 0.29) is 0 Å². The minimum absolute atomic E-state index is 0.693. The molecule has 1 N–H and O–H groups in total. The first kappa shape index (κ1) is 14.2. The Morgan fingerprint density at radius 3 is 2.47 bits per heavy atom. The number of nitrogens with zero attached hydrogens (tertiary/aromatic N) is 1. The van der Waals surface area contributed by atoms with Gasteiger partial charge < -0.3 is 5.32 Å². The Labute approximate surface area is 106 Å². The summed E-state index contributed by atoms with van der Waals surface area (Å²) in [5, 5.41) is 3.54. The predicted octanol–water partition coefficient (Wildman–Crippen LogP) is 3.14. The number of nitrogens with one attached hydrogen (secondary N) is 1. The van der Waals surface area contributed by atoms with Gasteiger partial charge in [-0.3, -0.25) is 4.98 Å². The summed E-state index contributed by atoms with van der Waals surface area (Å²) in [6.45, 7) is 11.4. The highest BCUT2D eigenvalue weighted by atomic mass is 14.9. The molecule has 0 saturated carbocycles. The number of aromatic nitrogens is 1. The van der Waals surface area contributed by atoms with Crippen LogP contribution in [-0.2, 0) is 6.42 Å². The molecule has 0 aliphatic rings. The van der Waals surface area contributed by atoms with Crippen molar-refractivity contribution in [1.29, 1.82) is 0 Å². The molecule has 1 rings (SSSR count). The molecule has 0 radical (unpaired) electrons. The van der Waals surface area contributed by atoms with Gasteiger partial charge in [0.15, 0.2) is 0 Å². The van der Waals surface area contributed by atoms with Gasteiger partial charge in [-0.05, 0) is 48.9 Å². The highest BCUT2D eigenvalue weighted by Crippen LogP contribution is 2.15. The largest absolute Gasteiger partial charge is 0.316 e. The van der Waals surface area contributed by atoms with E-state index in [1.807, 2.05) is 18.5 Å². The molecule has 0 aliphatic heterocycles. The number of hydrogen-bond donors (Lipinski definition) is 1. The van der Waals surface area contributed by atoms with Crippen molar-refractivity contribution < 1.29 is 0 Å². The first-order chi connectivity index (χ1) is 8.09. The van der Waals surface area contributed by atoms with Crippen molar-refractivity contribution in [3.63, 3.8) is 0 Å². The van der Waals surface area contributed by atoms with Crippen LogP contribution >= 0.6 is 0 Å². The summed E-state index contributed by atoms with van der Waals surface area (Å²) < 4.78 is 0. The van der Waals surface area contributed by atoms with E-state index >= 15 is 0 Å². The Balaban J connectivity index is 2.29. The summed E-state index contributed by atoms with van der Waals surface area (Å²) in [4.78, 5) is 4.17. The van der Waals surface area contributed by atoms with Crippen molar-refractivity contribution in [2.75, 3.05) is 13.1 Å². The summed E-state index contributed by atoms with van der Waals surface area (Å²) in [7, 11) is 0. The molecule has 0 spiro atoms. The molecule has 0 bridgehead atoms. The molecular formula is C15H26N2. The second kappa shape index (κ2) is 7.44. The smallest absolute Gasteiger partial charge is 0.0299 e. The Bertz CT molecular complexity index is 295. The van der Waals surface area contributed by atoms with Crippen LogP contribution in [0.15, 0.2) is 24.5 Å². The van der Waals surface area contributed by atoms with Crippen molar-refractivity contribution in [3.8, 4) is 0 Å². The highest BCUT2D eigenvalue weighted by molar-refractivity contribution is 5.09. The molecule has 0 aliphatic carbocycles. The third kappa shape index (κ3) is 5.83. The minimum Gasteiger partial charge on any atom is -0.316 e. The predicted molar refractivity (Wildman–Crippen MR) is 74.0 cm³/mol. The van der Waals surface area contributed by atoms with Crippen LogP contribution in [0.1, 0.15) is 33.3 Å². The molecule has 1 aromatic heterocycles. The van der Waals surface area contributed by atoms with Crippen molar-refractivity contribution in [2.45, 2.75) is 34.1 Å². The van der Waals surface area contributed by atoms with Gasteiger partial charge in [0, 0.05) is 12.4 Å². The van der Waals surface area contributed by atoms with E-state index in [2.05, 4.69) is 44.1 Å². The summed E-state index contributed by atoms with van der Waals surface area (Å²) in [6.07, 6.45) is 4.94. The Kier molecular flexibility index (Phi) is 6.20. The van der Waals surface area contributed by atoms with E-state index in [1.54, 1.807) is 0 Å². The van der Waals surface area contributed by atoms with Gasteiger partial charge >= 0.3 is 0 Å². The van der Waals surface area contributed by atoms with Gasteiger partial charge in [-0.25, -0.2) is 0 Å². The van der Waals surface area contributed by atoms with Crippen LogP contribution in [0, 0.1) is 17.8 Å². The van der Waals surface area contributed by atoms with E-state index < -0.39 is 0 Å². The first-order valence-electron chi connectivity index (χ1n) is 6.69. The zero-order valence-corrected chi connectivity index (χ0v) is 11.6. The summed E-state index contributed by atoms with van der Waals surface area (Å²) in [5.74, 6) is 2.13. The van der Waals surface area contributed by atoms with Crippen LogP contribution < -0.4 is 5.32 Å². The van der Waals surface area contributed by atoms with E-state index in [0.29, 0.717) is 11.8 Å². The molecule has 2 nitrogen and oxygen atoms in total. The lowest BCUT2D eigenvalue weighted by Crippen LogP contribution is -2.28. The monoisotopic (exact) mass is 234 g/mol. The Morgan fingerprint density at radius 2 is 1.88 bits per heavy atom. The van der Waals surface area contributed by atoms with E-state index in [0.717, 1.165) is 25.4 Å². The zero-order chi connectivity index (χ0) is 12.7. The number of hydrogen-bond acceptors (Lipinski definition) is 2. The topological polar surface area (TPSA) is 24.9 Å². The van der Waals surface area contributed by atoms with Gasteiger partial charge in [-0.2, -0.15) is 0 Å². The van der Waals surface area contributed by atoms with Gasteiger partial charge in [0.1, 0.15) is 0 Å². The lowest BCUT2D eigenvalue weighted by molar-refractivity contribution is 0.357.